The molecule has 8 aromatic rings. The molecule has 590 valence electrons. The minimum atomic E-state index is 0. The molecule has 4 N–H and O–H groups in total. The molecule has 14 nitrogen and oxygen atoms in total. The number of phenolic OH excluding ortho intramolecular Hbond substituents is 4. The number of aryl methyl sites for hydroxylation is 2. The third kappa shape index (κ3) is 33.1. The van der Waals surface area contributed by atoms with Gasteiger partial charge in [0.1, 0.15) is 72.4 Å². The molecule has 14 heteroatoms. The van der Waals surface area contributed by atoms with Crippen LogP contribution in [0.3, 0.4) is 0 Å². The average molecular weight is 1460 g/mol. The third-order valence-corrected chi connectivity index (χ3v) is 17.3. The molecule has 0 radical (unpaired) electrons. The van der Waals surface area contributed by atoms with Crippen molar-refractivity contribution in [1.29, 1.82) is 0 Å². The lowest BCUT2D eigenvalue weighted by atomic mass is 9.95. The van der Waals surface area contributed by atoms with Crippen LogP contribution in [0.1, 0.15) is 242 Å². The summed E-state index contributed by atoms with van der Waals surface area (Å²) < 4.78 is 56.8. The van der Waals surface area contributed by atoms with Gasteiger partial charge in [0.2, 0.25) is 0 Å². The van der Waals surface area contributed by atoms with Gasteiger partial charge in [0.15, 0.2) is 0 Å². The van der Waals surface area contributed by atoms with Gasteiger partial charge in [-0.05, 0) is 181 Å². The highest BCUT2D eigenvalue weighted by molar-refractivity contribution is 5.71. The highest BCUT2D eigenvalue weighted by Crippen LogP contribution is 2.38. The van der Waals surface area contributed by atoms with Crippen molar-refractivity contribution in [2.45, 2.75) is 224 Å². The van der Waals surface area contributed by atoms with Crippen LogP contribution in [-0.2, 0) is 74.5 Å². The molecule has 8 aromatic carbocycles. The lowest BCUT2D eigenvalue weighted by molar-refractivity contribution is 0.164. The van der Waals surface area contributed by atoms with Crippen LogP contribution < -0.4 is 18.9 Å². The van der Waals surface area contributed by atoms with Crippen molar-refractivity contribution >= 4 is 0 Å². The van der Waals surface area contributed by atoms with Crippen LogP contribution in [0.2, 0.25) is 0 Å². The van der Waals surface area contributed by atoms with E-state index in [0.717, 1.165) is 104 Å². The van der Waals surface area contributed by atoms with E-state index in [9.17, 15) is 10.2 Å². The zero-order valence-electron chi connectivity index (χ0n) is 60.6. The second-order valence-electron chi connectivity index (χ2n) is 24.8. The van der Waals surface area contributed by atoms with Gasteiger partial charge in [-0.3, -0.25) is 0 Å². The highest BCUT2D eigenvalue weighted by Gasteiger charge is 2.20. The summed E-state index contributed by atoms with van der Waals surface area (Å²) in [4.78, 5) is 0. The van der Waals surface area contributed by atoms with E-state index >= 15 is 0 Å². The van der Waals surface area contributed by atoms with Crippen molar-refractivity contribution in [2.24, 2.45) is 0 Å². The predicted octanol–water partition coefficient (Wildman–Crippen LogP) is 24.4. The number of hydrogen-bond acceptors (Lipinski definition) is 14. The molecule has 0 heterocycles. The lowest BCUT2D eigenvalue weighted by Crippen LogP contribution is -2.12. The van der Waals surface area contributed by atoms with Gasteiger partial charge in [0, 0.05) is 82.5 Å². The van der Waals surface area contributed by atoms with Crippen molar-refractivity contribution in [3.63, 3.8) is 0 Å². The van der Waals surface area contributed by atoms with E-state index in [1.54, 1.807) is 66.9 Å². The minimum absolute atomic E-state index is 0. The standard InChI is InChI=1S/C32H42O7.C31H40O5.2C10H14O.8CH4/c1-7-22(2)23-8-10-30(11-9-23)38-12-13-39-32-28(20-36-5)16-25(17-29(32)21-37-6)24-14-26(18-34-3)31(33)27(15-24)19-35-4;1-7-23(4)24-8-10-29(11-9-24)35-12-13-36-31-26(15-22(3)17-28(31)20-34-6)18-25-14-21(2)16-27(19-33-5)30(25)32;2*1-3-8(2)9-4-6-10(11)7-5-9;;;;;;;;/h8-11,14-17,22,33H,7,12-13,18-21H2,1-6H3;8-11,14-17,23,32H,7,12-13,18-20H2,1-6H3;2*4-8,11H,3H2,1-2H3;8*1H4. The summed E-state index contributed by atoms with van der Waals surface area (Å²) in [6.45, 7) is 25.3. The molecule has 105 heavy (non-hydrogen) atoms. The number of aromatic hydroxyl groups is 4. The summed E-state index contributed by atoms with van der Waals surface area (Å²) in [5.74, 6) is 6.57. The Morgan fingerprint density at radius 1 is 0.286 bits per heavy atom. The zero-order chi connectivity index (χ0) is 70.8. The summed E-state index contributed by atoms with van der Waals surface area (Å²) in [6.07, 6.45) is 5.05. The number of phenols is 4. The van der Waals surface area contributed by atoms with Gasteiger partial charge in [0.25, 0.3) is 0 Å². The summed E-state index contributed by atoms with van der Waals surface area (Å²) in [5.41, 5.74) is 16.1. The molecule has 0 saturated carbocycles. The minimum Gasteiger partial charge on any atom is -0.508 e. The molecule has 4 unspecified atom stereocenters. The second kappa shape index (κ2) is 55.4. The van der Waals surface area contributed by atoms with E-state index in [-0.39, 0.29) is 84.1 Å². The van der Waals surface area contributed by atoms with Crippen LogP contribution in [0.4, 0.5) is 0 Å². The molecule has 0 aromatic heterocycles. The van der Waals surface area contributed by atoms with Gasteiger partial charge < -0.3 is 67.8 Å². The van der Waals surface area contributed by atoms with Crippen LogP contribution in [0.15, 0.2) is 146 Å². The monoisotopic (exact) mass is 1460 g/mol. The summed E-state index contributed by atoms with van der Waals surface area (Å²) >= 11 is 0. The molecule has 4 atom stereocenters. The molecule has 0 amide bonds. The van der Waals surface area contributed by atoms with Gasteiger partial charge in [-0.15, -0.1) is 0 Å². The van der Waals surface area contributed by atoms with Crippen LogP contribution in [0.5, 0.6) is 46.0 Å². The van der Waals surface area contributed by atoms with Gasteiger partial charge in [-0.25, -0.2) is 0 Å². The SMILES string of the molecule is C.C.C.C.C.C.C.C.CCC(C)c1ccc(O)cc1.CCC(C)c1ccc(O)cc1.CCC(C)c1ccc(OCCOc2c(COC)cc(-c3cc(COC)c(O)c(COC)c3)cc2COC)cc1.CCC(C)c1ccc(OCCOc2c(COC)cc(C)cc2Cc2cc(C)cc(COC)c2O)cc1. The van der Waals surface area contributed by atoms with Crippen molar-refractivity contribution in [1.82, 2.24) is 0 Å². The Morgan fingerprint density at radius 2 is 0.514 bits per heavy atom. The van der Waals surface area contributed by atoms with Crippen LogP contribution >= 0.6 is 0 Å². The molecule has 0 fully saturated rings. The molecule has 0 aliphatic carbocycles. The molecular formula is C91H142O14. The molecule has 0 aliphatic rings. The van der Waals surface area contributed by atoms with E-state index in [2.05, 4.69) is 98.7 Å². The second-order valence-corrected chi connectivity index (χ2v) is 24.8. The average Bonchev–Trinajstić information content (AvgIpc) is 0.796. The fraction of sp³-hybridized carbons (Fsp3) is 0.473. The first-order valence-corrected chi connectivity index (χ1v) is 34.0. The van der Waals surface area contributed by atoms with E-state index < -0.39 is 0 Å². The van der Waals surface area contributed by atoms with Gasteiger partial charge in [0.05, 0.1) is 39.6 Å². The molecule has 0 spiro atoms. The smallest absolute Gasteiger partial charge is 0.130 e. The van der Waals surface area contributed by atoms with Gasteiger partial charge in [-0.2, -0.15) is 0 Å². The molecule has 0 saturated heterocycles. The maximum atomic E-state index is 10.9. The van der Waals surface area contributed by atoms with Crippen LogP contribution in [0.25, 0.3) is 11.1 Å². The van der Waals surface area contributed by atoms with Gasteiger partial charge in [-0.1, -0.05) is 199 Å². The van der Waals surface area contributed by atoms with Crippen molar-refractivity contribution < 1.29 is 67.8 Å². The Hall–Kier alpha value is -8.08. The Balaban J connectivity index is -0.000000710. The van der Waals surface area contributed by atoms with E-state index in [1.165, 1.54) is 22.3 Å². The van der Waals surface area contributed by atoms with Crippen molar-refractivity contribution in [3.05, 3.63) is 223 Å². The summed E-state index contributed by atoms with van der Waals surface area (Å²) in [6, 6.07) is 47.5. The fourth-order valence-electron chi connectivity index (χ4n) is 11.1. The molecule has 0 bridgehead atoms. The molecule has 0 aliphatic heterocycles. The Labute approximate surface area is 638 Å². The summed E-state index contributed by atoms with van der Waals surface area (Å²) in [7, 11) is 9.84. The third-order valence-electron chi connectivity index (χ3n) is 17.3. The number of benzene rings is 8. The van der Waals surface area contributed by atoms with Crippen molar-refractivity contribution in [3.8, 4) is 57.1 Å². The van der Waals surface area contributed by atoms with Crippen molar-refractivity contribution in [2.75, 3.05) is 69.1 Å². The number of hydrogen-bond donors (Lipinski definition) is 4. The van der Waals surface area contributed by atoms with Crippen LogP contribution in [0, 0.1) is 13.8 Å². The highest BCUT2D eigenvalue weighted by atomic mass is 16.5. The maximum absolute atomic E-state index is 10.9. The van der Waals surface area contributed by atoms with Crippen LogP contribution in [-0.4, -0.2) is 89.5 Å². The Morgan fingerprint density at radius 3 is 0.829 bits per heavy atom. The topological polar surface area (TPSA) is 173 Å². The summed E-state index contributed by atoms with van der Waals surface area (Å²) in [5, 5.41) is 39.6. The Bertz CT molecular complexity index is 3440. The first-order chi connectivity index (χ1) is 46.8. The Kier molecular flexibility index (Phi) is 54.5. The quantitative estimate of drug-likeness (QED) is 0.0286. The van der Waals surface area contributed by atoms with E-state index in [1.807, 2.05) is 91.9 Å². The van der Waals surface area contributed by atoms with E-state index in [0.29, 0.717) is 106 Å². The number of rotatable bonds is 33. The number of methoxy groups -OCH3 is 6. The predicted molar refractivity (Wildman–Crippen MR) is 444 cm³/mol. The fourth-order valence-corrected chi connectivity index (χ4v) is 11.1. The van der Waals surface area contributed by atoms with Gasteiger partial charge >= 0.3 is 0 Å². The number of ether oxygens (including phenoxy) is 10. The first-order valence-electron chi connectivity index (χ1n) is 34.0. The largest absolute Gasteiger partial charge is 0.508 e. The molecule has 8 rings (SSSR count). The maximum Gasteiger partial charge on any atom is 0.130 e. The molecular weight excluding hydrogens is 1320 g/mol. The van der Waals surface area contributed by atoms with E-state index in [4.69, 9.17) is 57.6 Å². The normalized spacial score (nSPS) is 11.2. The lowest BCUT2D eigenvalue weighted by Gasteiger charge is -2.19. The first kappa shape index (κ1) is 103. The zero-order valence-corrected chi connectivity index (χ0v) is 60.6.